The van der Waals surface area contributed by atoms with Crippen molar-refractivity contribution in [3.8, 4) is 22.4 Å². The van der Waals surface area contributed by atoms with E-state index in [1.54, 1.807) is 11.3 Å². The lowest BCUT2D eigenvalue weighted by Crippen LogP contribution is -2.37. The van der Waals surface area contributed by atoms with E-state index in [2.05, 4.69) is 66.9 Å². The highest BCUT2D eigenvalue weighted by Gasteiger charge is 2.32. The number of anilines is 1. The van der Waals surface area contributed by atoms with Gasteiger partial charge in [-0.1, -0.05) is 12.1 Å². The second-order valence-corrected chi connectivity index (χ2v) is 9.59. The number of rotatable bonds is 4. The van der Waals surface area contributed by atoms with E-state index in [1.165, 1.54) is 32.2 Å². The van der Waals surface area contributed by atoms with Crippen molar-refractivity contribution in [2.45, 2.75) is 37.8 Å². The van der Waals surface area contributed by atoms with Crippen LogP contribution >= 0.6 is 11.3 Å². The van der Waals surface area contributed by atoms with Gasteiger partial charge in [-0.3, -0.25) is 5.10 Å². The van der Waals surface area contributed by atoms with Crippen molar-refractivity contribution in [3.63, 3.8) is 0 Å². The van der Waals surface area contributed by atoms with Crippen LogP contribution in [0.3, 0.4) is 0 Å². The van der Waals surface area contributed by atoms with Crippen molar-refractivity contribution in [3.05, 3.63) is 42.2 Å². The van der Waals surface area contributed by atoms with E-state index in [9.17, 15) is 0 Å². The first-order chi connectivity index (χ1) is 15.3. The zero-order valence-electron chi connectivity index (χ0n) is 17.5. The molecular formula is C23H25N7S. The van der Waals surface area contributed by atoms with Gasteiger partial charge in [0.15, 0.2) is 5.82 Å². The van der Waals surface area contributed by atoms with Crippen molar-refractivity contribution in [2.75, 3.05) is 18.5 Å². The summed E-state index contributed by atoms with van der Waals surface area (Å²) in [7, 11) is 2.17. The standard InChI is InChI=1S/C23H25N7S/c1-30(17-8-14-2-3-16(9-17)24-10-14)21-7-6-20(28-29-21)19-5-4-18(15-11-26-27-12-15)22-23(19)31-13-25-22/h4-7,11-14,16-17,24H,2-3,8-10H2,1H3,(H,26,27)/t14?,16-,17-/m0/s1. The smallest absolute Gasteiger partial charge is 0.151 e. The maximum absolute atomic E-state index is 4.62. The van der Waals surface area contributed by atoms with E-state index in [0.717, 1.165) is 44.3 Å². The SMILES string of the molecule is CN(c1ccc(-c2ccc(-c3cn[nH]c3)c3ncsc23)nn1)[C@H]1CC2CC[C@@H](C1)NC2. The molecule has 4 aromatic rings. The molecular weight excluding hydrogens is 406 g/mol. The van der Waals surface area contributed by atoms with E-state index in [0.29, 0.717) is 12.1 Å². The maximum Gasteiger partial charge on any atom is 0.151 e. The molecule has 3 aromatic heterocycles. The van der Waals surface area contributed by atoms with Gasteiger partial charge in [-0.25, -0.2) is 4.98 Å². The van der Waals surface area contributed by atoms with Gasteiger partial charge in [-0.2, -0.15) is 5.10 Å². The number of aromatic nitrogens is 5. The van der Waals surface area contributed by atoms with Gasteiger partial charge in [0.2, 0.25) is 0 Å². The van der Waals surface area contributed by atoms with Crippen LogP contribution in [0.2, 0.25) is 0 Å². The molecule has 1 aliphatic carbocycles. The molecule has 1 saturated carbocycles. The van der Waals surface area contributed by atoms with Crippen LogP contribution in [0.25, 0.3) is 32.6 Å². The Bertz CT molecular complexity index is 1160. The highest BCUT2D eigenvalue weighted by atomic mass is 32.1. The third kappa shape index (κ3) is 3.40. The second kappa shape index (κ2) is 7.69. The number of fused-ring (bicyclic) bond motifs is 5. The van der Waals surface area contributed by atoms with Gasteiger partial charge in [-0.15, -0.1) is 21.5 Å². The number of aromatic amines is 1. The Hall–Kier alpha value is -2.84. The molecule has 158 valence electrons. The van der Waals surface area contributed by atoms with Gasteiger partial charge in [0.05, 0.1) is 27.6 Å². The summed E-state index contributed by atoms with van der Waals surface area (Å²) in [5, 5.41) is 19.9. The van der Waals surface area contributed by atoms with Gasteiger partial charge in [0.25, 0.3) is 0 Å². The van der Waals surface area contributed by atoms with Crippen LogP contribution in [0.5, 0.6) is 0 Å². The highest BCUT2D eigenvalue weighted by Crippen LogP contribution is 2.37. The summed E-state index contributed by atoms with van der Waals surface area (Å²) < 4.78 is 1.13. The quantitative estimate of drug-likeness (QED) is 0.506. The van der Waals surface area contributed by atoms with Gasteiger partial charge < -0.3 is 10.2 Å². The molecule has 3 aliphatic rings. The largest absolute Gasteiger partial charge is 0.355 e. The Labute approximate surface area is 184 Å². The fraction of sp³-hybridized carbons (Fsp3) is 0.391. The number of thiazole rings is 1. The Morgan fingerprint density at radius 3 is 2.77 bits per heavy atom. The van der Waals surface area contributed by atoms with E-state index >= 15 is 0 Å². The lowest BCUT2D eigenvalue weighted by Gasteiger charge is -2.29. The third-order valence-electron chi connectivity index (χ3n) is 6.91. The first-order valence-corrected chi connectivity index (χ1v) is 11.8. The van der Waals surface area contributed by atoms with Crippen LogP contribution in [-0.2, 0) is 0 Å². The first kappa shape index (κ1) is 18.9. The number of H-pyrrole nitrogens is 1. The molecule has 0 radical (unpaired) electrons. The second-order valence-electron chi connectivity index (χ2n) is 8.74. The fourth-order valence-corrected chi connectivity index (χ4v) is 5.97. The number of hydrogen-bond acceptors (Lipinski definition) is 7. The average molecular weight is 432 g/mol. The zero-order valence-corrected chi connectivity index (χ0v) is 18.3. The van der Waals surface area contributed by atoms with Gasteiger partial charge >= 0.3 is 0 Å². The molecule has 5 heterocycles. The minimum Gasteiger partial charge on any atom is -0.355 e. The fourth-order valence-electron chi connectivity index (χ4n) is 5.13. The van der Waals surface area contributed by atoms with E-state index < -0.39 is 0 Å². The molecule has 2 N–H and O–H groups in total. The summed E-state index contributed by atoms with van der Waals surface area (Å²) in [6.07, 6.45) is 8.81. The maximum atomic E-state index is 4.62. The van der Waals surface area contributed by atoms with E-state index in [4.69, 9.17) is 0 Å². The molecule has 2 aliphatic heterocycles. The average Bonchev–Trinajstić information content (AvgIpc) is 3.44. The molecule has 7 nitrogen and oxygen atoms in total. The molecule has 1 aromatic carbocycles. The molecule has 2 saturated heterocycles. The molecule has 2 bridgehead atoms. The molecule has 0 spiro atoms. The van der Waals surface area contributed by atoms with Gasteiger partial charge in [0.1, 0.15) is 0 Å². The summed E-state index contributed by atoms with van der Waals surface area (Å²) >= 11 is 1.64. The number of benzene rings is 1. The normalized spacial score (nSPS) is 23.2. The van der Waals surface area contributed by atoms with Crippen LogP contribution < -0.4 is 10.2 Å². The van der Waals surface area contributed by atoms with Crippen molar-refractivity contribution in [1.82, 2.24) is 30.7 Å². The van der Waals surface area contributed by atoms with Crippen LogP contribution in [0, 0.1) is 5.92 Å². The summed E-state index contributed by atoms with van der Waals surface area (Å²) in [4.78, 5) is 6.94. The van der Waals surface area contributed by atoms with Crippen molar-refractivity contribution in [2.24, 2.45) is 5.92 Å². The van der Waals surface area contributed by atoms with Gasteiger partial charge in [0, 0.05) is 42.0 Å². The van der Waals surface area contributed by atoms with Crippen molar-refractivity contribution in [1.29, 1.82) is 0 Å². The Kier molecular flexibility index (Phi) is 4.69. The lowest BCUT2D eigenvalue weighted by atomic mass is 9.96. The van der Waals surface area contributed by atoms with Crippen LogP contribution in [0.1, 0.15) is 25.7 Å². The molecule has 7 rings (SSSR count). The van der Waals surface area contributed by atoms with Crippen molar-refractivity contribution >= 4 is 27.4 Å². The van der Waals surface area contributed by atoms with Crippen molar-refractivity contribution < 1.29 is 0 Å². The predicted octanol–water partition coefficient (Wildman–Crippen LogP) is 4.11. The third-order valence-corrected chi connectivity index (χ3v) is 7.77. The summed E-state index contributed by atoms with van der Waals surface area (Å²) in [6, 6.07) is 9.58. The Morgan fingerprint density at radius 1 is 1.06 bits per heavy atom. The highest BCUT2D eigenvalue weighted by molar-refractivity contribution is 7.17. The Morgan fingerprint density at radius 2 is 2.00 bits per heavy atom. The summed E-state index contributed by atoms with van der Waals surface area (Å²) in [5.74, 6) is 1.73. The summed E-state index contributed by atoms with van der Waals surface area (Å²) in [5.41, 5.74) is 6.94. The number of nitrogens with one attached hydrogen (secondary N) is 2. The Balaban J connectivity index is 1.29. The molecule has 8 heteroatoms. The first-order valence-electron chi connectivity index (χ1n) is 10.9. The monoisotopic (exact) mass is 431 g/mol. The molecule has 1 unspecified atom stereocenters. The van der Waals surface area contributed by atoms with Crippen LogP contribution in [0.4, 0.5) is 5.82 Å². The van der Waals surface area contributed by atoms with E-state index in [-0.39, 0.29) is 0 Å². The number of nitrogens with zero attached hydrogens (tertiary/aromatic N) is 5. The molecule has 3 atom stereocenters. The van der Waals surface area contributed by atoms with E-state index in [1.807, 2.05) is 17.9 Å². The zero-order chi connectivity index (χ0) is 20.8. The predicted molar refractivity (Wildman–Crippen MR) is 124 cm³/mol. The van der Waals surface area contributed by atoms with Gasteiger partial charge in [-0.05, 0) is 50.3 Å². The molecule has 31 heavy (non-hydrogen) atoms. The topological polar surface area (TPSA) is 82.6 Å². The molecule has 0 amide bonds. The summed E-state index contributed by atoms with van der Waals surface area (Å²) in [6.45, 7) is 1.17. The van der Waals surface area contributed by atoms with Crippen LogP contribution in [-0.4, -0.2) is 51.1 Å². The molecule has 3 fully saturated rings. The lowest BCUT2D eigenvalue weighted by molar-refractivity contribution is 0.342. The minimum atomic E-state index is 0.523. The minimum absolute atomic E-state index is 0.523. The van der Waals surface area contributed by atoms with Crippen LogP contribution in [0.15, 0.2) is 42.2 Å². The number of hydrogen-bond donors (Lipinski definition) is 2. The number of piperidine rings is 1.